The molecule has 7 aromatic carbocycles. The lowest BCUT2D eigenvalue weighted by Gasteiger charge is -2.21. The standard InChI is InChI=1S/C47H33N3/c1-47(2)39-19-9-6-16-35(39)44-37(18-12-20-40(44)47)46-48-41-21-10-7-17-36(41)45(49-46)31-25-23-30(24-26-31)32-27-28-43-38(29-32)34-15-8-11-22-42(34)50(43)33-13-4-3-5-14-33/h3-29H,1-2H3. The summed E-state index contributed by atoms with van der Waals surface area (Å²) in [6, 6.07) is 58.7. The first-order valence-corrected chi connectivity index (χ1v) is 17.3. The highest BCUT2D eigenvalue weighted by atomic mass is 15.0. The van der Waals surface area contributed by atoms with E-state index in [1.165, 1.54) is 60.9 Å². The monoisotopic (exact) mass is 639 g/mol. The van der Waals surface area contributed by atoms with Crippen molar-refractivity contribution in [3.8, 4) is 50.6 Å². The molecule has 3 nitrogen and oxygen atoms in total. The van der Waals surface area contributed by atoms with Gasteiger partial charge in [0.25, 0.3) is 0 Å². The minimum atomic E-state index is -0.0864. The Hall–Kier alpha value is -6.32. The Bertz CT molecular complexity index is 2770. The Labute approximate surface area is 291 Å². The zero-order chi connectivity index (χ0) is 33.4. The zero-order valence-electron chi connectivity index (χ0n) is 27.9. The quantitative estimate of drug-likeness (QED) is 0.192. The summed E-state index contributed by atoms with van der Waals surface area (Å²) in [5.41, 5.74) is 15.1. The summed E-state index contributed by atoms with van der Waals surface area (Å²) in [7, 11) is 0. The molecule has 0 spiro atoms. The SMILES string of the molecule is CC1(C)c2ccccc2-c2c(-c3nc(-c4ccc(-c5ccc6c(c5)c5ccccc5n6-c5ccccc5)cc4)c4ccccc4n3)cccc21. The molecule has 9 aromatic rings. The first kappa shape index (κ1) is 28.7. The summed E-state index contributed by atoms with van der Waals surface area (Å²) in [6.45, 7) is 4.63. The lowest BCUT2D eigenvalue weighted by atomic mass is 9.82. The van der Waals surface area contributed by atoms with E-state index in [1.54, 1.807) is 0 Å². The minimum Gasteiger partial charge on any atom is -0.309 e. The van der Waals surface area contributed by atoms with Gasteiger partial charge >= 0.3 is 0 Å². The van der Waals surface area contributed by atoms with Crippen LogP contribution in [0, 0.1) is 0 Å². The second-order valence-electron chi connectivity index (χ2n) is 13.8. The van der Waals surface area contributed by atoms with Crippen molar-refractivity contribution in [2.75, 3.05) is 0 Å². The van der Waals surface area contributed by atoms with Crippen LogP contribution in [-0.2, 0) is 5.41 Å². The summed E-state index contributed by atoms with van der Waals surface area (Å²) < 4.78 is 2.36. The van der Waals surface area contributed by atoms with E-state index in [0.717, 1.165) is 33.5 Å². The van der Waals surface area contributed by atoms with Gasteiger partial charge in [-0.05, 0) is 69.8 Å². The lowest BCUT2D eigenvalue weighted by molar-refractivity contribution is 0.660. The van der Waals surface area contributed by atoms with Crippen LogP contribution in [0.3, 0.4) is 0 Å². The van der Waals surface area contributed by atoms with Crippen LogP contribution < -0.4 is 0 Å². The predicted octanol–water partition coefficient (Wildman–Crippen LogP) is 12.0. The maximum absolute atomic E-state index is 5.33. The zero-order valence-corrected chi connectivity index (χ0v) is 27.9. The maximum atomic E-state index is 5.33. The number of aromatic nitrogens is 3. The topological polar surface area (TPSA) is 30.7 Å². The molecule has 10 rings (SSSR count). The van der Waals surface area contributed by atoms with Gasteiger partial charge in [-0.2, -0.15) is 0 Å². The molecule has 236 valence electrons. The minimum absolute atomic E-state index is 0.0864. The molecule has 0 bridgehead atoms. The highest BCUT2D eigenvalue weighted by Crippen LogP contribution is 2.51. The Morgan fingerprint density at radius 3 is 1.96 bits per heavy atom. The van der Waals surface area contributed by atoms with E-state index in [1.807, 2.05) is 0 Å². The Morgan fingerprint density at radius 1 is 0.460 bits per heavy atom. The van der Waals surface area contributed by atoms with Crippen molar-refractivity contribution in [1.29, 1.82) is 0 Å². The number of benzene rings is 7. The fourth-order valence-electron chi connectivity index (χ4n) is 8.19. The van der Waals surface area contributed by atoms with E-state index in [9.17, 15) is 0 Å². The van der Waals surface area contributed by atoms with Gasteiger partial charge in [-0.25, -0.2) is 9.97 Å². The van der Waals surface area contributed by atoms with Crippen molar-refractivity contribution in [2.24, 2.45) is 0 Å². The molecule has 1 aliphatic carbocycles. The van der Waals surface area contributed by atoms with E-state index in [-0.39, 0.29) is 5.41 Å². The summed E-state index contributed by atoms with van der Waals surface area (Å²) >= 11 is 0. The van der Waals surface area contributed by atoms with Crippen molar-refractivity contribution in [3.05, 3.63) is 175 Å². The van der Waals surface area contributed by atoms with Gasteiger partial charge < -0.3 is 4.57 Å². The van der Waals surface area contributed by atoms with Crippen LogP contribution >= 0.6 is 0 Å². The maximum Gasteiger partial charge on any atom is 0.161 e. The van der Waals surface area contributed by atoms with Crippen molar-refractivity contribution < 1.29 is 0 Å². The number of hydrogen-bond donors (Lipinski definition) is 0. The van der Waals surface area contributed by atoms with Gasteiger partial charge in [0.2, 0.25) is 0 Å². The molecular weight excluding hydrogens is 607 g/mol. The van der Waals surface area contributed by atoms with Crippen molar-refractivity contribution in [1.82, 2.24) is 14.5 Å². The fraction of sp³-hybridized carbons (Fsp3) is 0.0638. The van der Waals surface area contributed by atoms with Crippen LogP contribution in [-0.4, -0.2) is 14.5 Å². The van der Waals surface area contributed by atoms with Gasteiger partial charge in [0.15, 0.2) is 5.82 Å². The van der Waals surface area contributed by atoms with Crippen LogP contribution in [0.15, 0.2) is 164 Å². The van der Waals surface area contributed by atoms with Crippen molar-refractivity contribution in [2.45, 2.75) is 19.3 Å². The Kier molecular flexibility index (Phi) is 6.22. The number of fused-ring (bicyclic) bond motifs is 7. The van der Waals surface area contributed by atoms with E-state index >= 15 is 0 Å². The lowest BCUT2D eigenvalue weighted by Crippen LogP contribution is -2.14. The molecule has 2 aromatic heterocycles. The van der Waals surface area contributed by atoms with Crippen LogP contribution in [0.1, 0.15) is 25.0 Å². The fourth-order valence-corrected chi connectivity index (χ4v) is 8.19. The highest BCUT2D eigenvalue weighted by molar-refractivity contribution is 6.10. The van der Waals surface area contributed by atoms with Gasteiger partial charge in [0.1, 0.15) is 0 Å². The Balaban J connectivity index is 1.09. The third kappa shape index (κ3) is 4.23. The molecule has 0 radical (unpaired) electrons. The van der Waals surface area contributed by atoms with E-state index in [2.05, 4.69) is 182 Å². The molecule has 3 heteroatoms. The molecule has 2 heterocycles. The smallest absolute Gasteiger partial charge is 0.161 e. The number of para-hydroxylation sites is 3. The molecule has 0 atom stereocenters. The molecule has 0 aliphatic heterocycles. The summed E-state index contributed by atoms with van der Waals surface area (Å²) in [5, 5.41) is 3.55. The van der Waals surface area contributed by atoms with Gasteiger partial charge in [-0.1, -0.05) is 141 Å². The molecule has 0 N–H and O–H groups in total. The van der Waals surface area contributed by atoms with Crippen molar-refractivity contribution >= 4 is 32.7 Å². The van der Waals surface area contributed by atoms with Gasteiger partial charge in [-0.3, -0.25) is 0 Å². The molecular formula is C47H33N3. The number of nitrogens with zero attached hydrogens (tertiary/aromatic N) is 3. The molecule has 0 saturated carbocycles. The Morgan fingerprint density at radius 2 is 1.10 bits per heavy atom. The van der Waals surface area contributed by atoms with Gasteiger partial charge in [0, 0.05) is 38.4 Å². The van der Waals surface area contributed by atoms with Crippen molar-refractivity contribution in [3.63, 3.8) is 0 Å². The molecule has 0 unspecified atom stereocenters. The average Bonchev–Trinajstić information content (AvgIpc) is 3.63. The molecule has 1 aliphatic rings. The van der Waals surface area contributed by atoms with E-state index < -0.39 is 0 Å². The van der Waals surface area contributed by atoms with Gasteiger partial charge in [0.05, 0.1) is 22.2 Å². The normalized spacial score (nSPS) is 13.2. The molecule has 0 amide bonds. The van der Waals surface area contributed by atoms with E-state index in [0.29, 0.717) is 0 Å². The summed E-state index contributed by atoms with van der Waals surface area (Å²) in [4.78, 5) is 10.5. The second kappa shape index (κ2) is 10.8. The van der Waals surface area contributed by atoms with Crippen LogP contribution in [0.25, 0.3) is 83.3 Å². The van der Waals surface area contributed by atoms with E-state index in [4.69, 9.17) is 9.97 Å². The van der Waals surface area contributed by atoms with Crippen LogP contribution in [0.2, 0.25) is 0 Å². The van der Waals surface area contributed by atoms with Gasteiger partial charge in [-0.15, -0.1) is 0 Å². The first-order chi connectivity index (χ1) is 24.6. The number of rotatable bonds is 4. The number of hydrogen-bond acceptors (Lipinski definition) is 2. The summed E-state index contributed by atoms with van der Waals surface area (Å²) in [6.07, 6.45) is 0. The third-order valence-electron chi connectivity index (χ3n) is 10.6. The van der Waals surface area contributed by atoms with Crippen LogP contribution in [0.4, 0.5) is 0 Å². The third-order valence-corrected chi connectivity index (χ3v) is 10.6. The average molecular weight is 640 g/mol. The van der Waals surface area contributed by atoms with Crippen LogP contribution in [0.5, 0.6) is 0 Å². The highest BCUT2D eigenvalue weighted by Gasteiger charge is 2.37. The predicted molar refractivity (Wildman–Crippen MR) is 208 cm³/mol. The summed E-state index contributed by atoms with van der Waals surface area (Å²) in [5.74, 6) is 0.757. The second-order valence-corrected chi connectivity index (χ2v) is 13.8. The first-order valence-electron chi connectivity index (χ1n) is 17.3. The largest absolute Gasteiger partial charge is 0.309 e. The molecule has 0 saturated heterocycles. The molecule has 0 fully saturated rings. The molecule has 50 heavy (non-hydrogen) atoms.